The summed E-state index contributed by atoms with van der Waals surface area (Å²) in [6.45, 7) is 0.924. The zero-order valence-corrected chi connectivity index (χ0v) is 11.8. The van der Waals surface area contributed by atoms with Crippen molar-refractivity contribution < 1.29 is 9.53 Å². The fourth-order valence-corrected chi connectivity index (χ4v) is 2.63. The smallest absolute Gasteiger partial charge is 0.196 e. The van der Waals surface area contributed by atoms with Crippen LogP contribution in [-0.4, -0.2) is 19.4 Å². The maximum atomic E-state index is 12.6. The van der Waals surface area contributed by atoms with E-state index in [9.17, 15) is 4.79 Å². The van der Waals surface area contributed by atoms with Crippen molar-refractivity contribution in [2.75, 3.05) is 19.0 Å². The van der Waals surface area contributed by atoms with Gasteiger partial charge in [0, 0.05) is 22.8 Å². The summed E-state index contributed by atoms with van der Waals surface area (Å²) in [7, 11) is 1.55. The van der Waals surface area contributed by atoms with Gasteiger partial charge in [-0.05, 0) is 48.4 Å². The summed E-state index contributed by atoms with van der Waals surface area (Å²) in [6.07, 6.45) is 0.948. The van der Waals surface area contributed by atoms with Crippen LogP contribution in [0.4, 0.5) is 5.69 Å². The fourth-order valence-electron chi connectivity index (χ4n) is 2.46. The summed E-state index contributed by atoms with van der Waals surface area (Å²) in [6, 6.07) is 10.8. The molecule has 20 heavy (non-hydrogen) atoms. The number of fused-ring (bicyclic) bond motifs is 1. The van der Waals surface area contributed by atoms with Crippen molar-refractivity contribution in [3.63, 3.8) is 0 Å². The number of nitrogens with one attached hydrogen (secondary N) is 1. The second-order valence-corrected chi connectivity index (χ2v) is 5.16. The Balaban J connectivity index is 2.02. The molecule has 0 atom stereocenters. The molecule has 0 saturated heterocycles. The SMILES string of the molecule is COc1ccc(Cl)cc1C(=O)c1ccc2c(c1)CCN2. The summed E-state index contributed by atoms with van der Waals surface area (Å²) >= 11 is 5.98. The molecule has 2 aromatic rings. The van der Waals surface area contributed by atoms with E-state index in [2.05, 4.69) is 5.32 Å². The summed E-state index contributed by atoms with van der Waals surface area (Å²) in [5, 5.41) is 3.81. The minimum Gasteiger partial charge on any atom is -0.496 e. The number of hydrogen-bond donors (Lipinski definition) is 1. The first kappa shape index (κ1) is 13.0. The number of halogens is 1. The molecule has 0 bridgehead atoms. The van der Waals surface area contributed by atoms with Crippen LogP contribution in [0.2, 0.25) is 5.02 Å². The van der Waals surface area contributed by atoms with Crippen LogP contribution in [0.25, 0.3) is 0 Å². The maximum absolute atomic E-state index is 12.6. The number of hydrogen-bond acceptors (Lipinski definition) is 3. The van der Waals surface area contributed by atoms with E-state index in [1.807, 2.05) is 18.2 Å². The molecule has 0 unspecified atom stereocenters. The van der Waals surface area contributed by atoms with E-state index in [-0.39, 0.29) is 5.78 Å². The Hall–Kier alpha value is -2.00. The summed E-state index contributed by atoms with van der Waals surface area (Å²) < 4.78 is 5.24. The van der Waals surface area contributed by atoms with Crippen LogP contribution < -0.4 is 10.1 Å². The number of ketones is 1. The van der Waals surface area contributed by atoms with Crippen molar-refractivity contribution in [3.05, 3.63) is 58.1 Å². The van der Waals surface area contributed by atoms with Crippen LogP contribution >= 0.6 is 11.6 Å². The first-order chi connectivity index (χ1) is 9.69. The van der Waals surface area contributed by atoms with Crippen molar-refractivity contribution in [3.8, 4) is 5.75 Å². The van der Waals surface area contributed by atoms with Crippen LogP contribution in [0.15, 0.2) is 36.4 Å². The number of rotatable bonds is 3. The van der Waals surface area contributed by atoms with Gasteiger partial charge in [-0.1, -0.05) is 11.6 Å². The summed E-state index contributed by atoms with van der Waals surface area (Å²) in [5.74, 6) is 0.470. The van der Waals surface area contributed by atoms with Crippen molar-refractivity contribution in [1.29, 1.82) is 0 Å². The second-order valence-electron chi connectivity index (χ2n) is 4.72. The Kier molecular flexibility index (Phi) is 3.36. The standard InChI is InChI=1S/C16H14ClNO2/c1-20-15-5-3-12(17)9-13(15)16(19)11-2-4-14-10(8-11)6-7-18-14/h2-5,8-9,18H,6-7H2,1H3. The third kappa shape index (κ3) is 2.25. The highest BCUT2D eigenvalue weighted by molar-refractivity contribution is 6.31. The van der Waals surface area contributed by atoms with Crippen LogP contribution in [0.3, 0.4) is 0 Å². The number of methoxy groups -OCH3 is 1. The first-order valence-corrected chi connectivity index (χ1v) is 6.82. The lowest BCUT2D eigenvalue weighted by atomic mass is 9.99. The predicted molar refractivity (Wildman–Crippen MR) is 80.1 cm³/mol. The van der Waals surface area contributed by atoms with Gasteiger partial charge in [0.25, 0.3) is 0 Å². The molecule has 1 heterocycles. The van der Waals surface area contributed by atoms with Crippen molar-refractivity contribution in [2.45, 2.75) is 6.42 Å². The molecule has 0 aliphatic carbocycles. The van der Waals surface area contributed by atoms with Gasteiger partial charge in [0.1, 0.15) is 5.75 Å². The molecule has 1 N–H and O–H groups in total. The van der Waals surface area contributed by atoms with E-state index < -0.39 is 0 Å². The molecular weight excluding hydrogens is 274 g/mol. The molecule has 0 radical (unpaired) electrons. The molecule has 3 rings (SSSR count). The zero-order chi connectivity index (χ0) is 14.1. The Morgan fingerprint density at radius 2 is 2.10 bits per heavy atom. The van der Waals surface area contributed by atoms with Gasteiger partial charge in [-0.3, -0.25) is 4.79 Å². The lowest BCUT2D eigenvalue weighted by molar-refractivity contribution is 0.103. The number of ether oxygens (including phenoxy) is 1. The molecule has 4 heteroatoms. The first-order valence-electron chi connectivity index (χ1n) is 6.44. The van der Waals surface area contributed by atoms with Gasteiger partial charge in [0.15, 0.2) is 5.78 Å². The van der Waals surface area contributed by atoms with Crippen LogP contribution in [0, 0.1) is 0 Å². The van der Waals surface area contributed by atoms with E-state index >= 15 is 0 Å². The minimum absolute atomic E-state index is 0.0703. The second kappa shape index (κ2) is 5.17. The molecule has 0 amide bonds. The Morgan fingerprint density at radius 1 is 1.25 bits per heavy atom. The Bertz CT molecular complexity index is 682. The van der Waals surface area contributed by atoms with Crippen LogP contribution in [-0.2, 0) is 6.42 Å². The number of anilines is 1. The highest BCUT2D eigenvalue weighted by atomic mass is 35.5. The van der Waals surface area contributed by atoms with Gasteiger partial charge in [-0.15, -0.1) is 0 Å². The number of carbonyl (C=O) groups is 1. The van der Waals surface area contributed by atoms with Gasteiger partial charge in [0.2, 0.25) is 0 Å². The molecule has 0 fully saturated rings. The normalized spacial score (nSPS) is 12.7. The molecule has 3 nitrogen and oxygen atoms in total. The number of benzene rings is 2. The molecule has 2 aromatic carbocycles. The molecular formula is C16H14ClNO2. The summed E-state index contributed by atoms with van der Waals surface area (Å²) in [5.41, 5.74) is 3.44. The fraction of sp³-hybridized carbons (Fsp3) is 0.188. The third-order valence-corrected chi connectivity index (χ3v) is 3.72. The number of carbonyl (C=O) groups excluding carboxylic acids is 1. The lowest BCUT2D eigenvalue weighted by Crippen LogP contribution is -2.04. The largest absolute Gasteiger partial charge is 0.496 e. The topological polar surface area (TPSA) is 38.3 Å². The van der Waals surface area contributed by atoms with E-state index in [0.717, 1.165) is 18.7 Å². The Labute approximate surface area is 122 Å². The van der Waals surface area contributed by atoms with Gasteiger partial charge < -0.3 is 10.1 Å². The van der Waals surface area contributed by atoms with E-state index in [1.54, 1.807) is 25.3 Å². The average Bonchev–Trinajstić information content (AvgIpc) is 2.93. The maximum Gasteiger partial charge on any atom is 0.196 e. The van der Waals surface area contributed by atoms with Gasteiger partial charge in [-0.2, -0.15) is 0 Å². The Morgan fingerprint density at radius 3 is 2.90 bits per heavy atom. The van der Waals surface area contributed by atoms with Crippen molar-refractivity contribution in [1.82, 2.24) is 0 Å². The quantitative estimate of drug-likeness (QED) is 0.878. The highest BCUT2D eigenvalue weighted by Gasteiger charge is 2.18. The monoisotopic (exact) mass is 287 g/mol. The van der Waals surface area contributed by atoms with Crippen LogP contribution in [0.5, 0.6) is 5.75 Å². The van der Waals surface area contributed by atoms with Gasteiger partial charge in [-0.25, -0.2) is 0 Å². The van der Waals surface area contributed by atoms with E-state index in [4.69, 9.17) is 16.3 Å². The third-order valence-electron chi connectivity index (χ3n) is 3.48. The molecule has 0 aromatic heterocycles. The molecule has 0 saturated carbocycles. The van der Waals surface area contributed by atoms with E-state index in [0.29, 0.717) is 21.9 Å². The predicted octanol–water partition coefficient (Wildman–Crippen LogP) is 3.55. The molecule has 1 aliphatic rings. The van der Waals surface area contributed by atoms with Gasteiger partial charge in [0.05, 0.1) is 12.7 Å². The van der Waals surface area contributed by atoms with Crippen molar-refractivity contribution >= 4 is 23.1 Å². The van der Waals surface area contributed by atoms with Crippen molar-refractivity contribution in [2.24, 2.45) is 0 Å². The van der Waals surface area contributed by atoms with Gasteiger partial charge >= 0.3 is 0 Å². The minimum atomic E-state index is -0.0703. The molecule has 0 spiro atoms. The molecule has 102 valence electrons. The van der Waals surface area contributed by atoms with E-state index in [1.165, 1.54) is 5.56 Å². The lowest BCUT2D eigenvalue weighted by Gasteiger charge is -2.09. The molecule has 1 aliphatic heterocycles. The average molecular weight is 288 g/mol. The zero-order valence-electron chi connectivity index (χ0n) is 11.1. The highest BCUT2D eigenvalue weighted by Crippen LogP contribution is 2.28. The summed E-state index contributed by atoms with van der Waals surface area (Å²) in [4.78, 5) is 12.6. The van der Waals surface area contributed by atoms with Crippen LogP contribution in [0.1, 0.15) is 21.5 Å².